The van der Waals surface area contributed by atoms with E-state index in [4.69, 9.17) is 0 Å². The van der Waals surface area contributed by atoms with Crippen molar-refractivity contribution < 1.29 is 13.2 Å². The number of fused-ring (bicyclic) bond motifs is 1. The Kier molecular flexibility index (Phi) is 3.40. The molecule has 0 aliphatic carbocycles. The van der Waals surface area contributed by atoms with Crippen molar-refractivity contribution in [3.8, 4) is 0 Å². The van der Waals surface area contributed by atoms with Gasteiger partial charge < -0.3 is 9.47 Å². The second-order valence-corrected chi connectivity index (χ2v) is 6.86. The molecule has 1 aromatic heterocycles. The Labute approximate surface area is 112 Å². The molecular weight excluding hydrogens is 268 g/mol. The molecule has 0 bridgehead atoms. The van der Waals surface area contributed by atoms with E-state index in [0.29, 0.717) is 24.6 Å². The van der Waals surface area contributed by atoms with E-state index >= 15 is 0 Å². The van der Waals surface area contributed by atoms with Gasteiger partial charge in [-0.3, -0.25) is 4.79 Å². The second-order valence-electron chi connectivity index (χ2n) is 4.93. The minimum atomic E-state index is -3.26. The highest BCUT2D eigenvalue weighted by atomic mass is 32.2. The third kappa shape index (κ3) is 2.50. The summed E-state index contributed by atoms with van der Waals surface area (Å²) in [5, 5.41) is 0. The average molecular weight is 286 g/mol. The average Bonchev–Trinajstić information content (AvgIpc) is 2.71. The van der Waals surface area contributed by atoms with Crippen LogP contribution in [0.5, 0.6) is 0 Å². The summed E-state index contributed by atoms with van der Waals surface area (Å²) >= 11 is 0. The van der Waals surface area contributed by atoms with Gasteiger partial charge in [0.2, 0.25) is 10.0 Å². The Bertz CT molecular complexity index is 605. The lowest BCUT2D eigenvalue weighted by Crippen LogP contribution is -2.40. The second kappa shape index (κ2) is 4.61. The van der Waals surface area contributed by atoms with Gasteiger partial charge in [0, 0.05) is 33.4 Å². The zero-order valence-corrected chi connectivity index (χ0v) is 12.3. The quantitative estimate of drug-likeness (QED) is 0.762. The van der Waals surface area contributed by atoms with E-state index in [1.54, 1.807) is 27.2 Å². The summed E-state index contributed by atoms with van der Waals surface area (Å²) in [6.45, 7) is 2.70. The molecule has 0 fully saturated rings. The summed E-state index contributed by atoms with van der Waals surface area (Å²) in [5.74, 6) is 0.432. The van der Waals surface area contributed by atoms with Crippen molar-refractivity contribution in [1.82, 2.24) is 18.8 Å². The van der Waals surface area contributed by atoms with Gasteiger partial charge in [-0.05, 0) is 6.92 Å². The summed E-state index contributed by atoms with van der Waals surface area (Å²) in [4.78, 5) is 17.6. The first-order valence-electron chi connectivity index (χ1n) is 5.97. The maximum Gasteiger partial charge on any atom is 0.273 e. The van der Waals surface area contributed by atoms with Crippen molar-refractivity contribution in [2.45, 2.75) is 19.5 Å². The third-order valence-electron chi connectivity index (χ3n) is 3.23. The predicted octanol–water partition coefficient (Wildman–Crippen LogP) is -0.0789. The minimum Gasteiger partial charge on any atom is -0.343 e. The van der Waals surface area contributed by atoms with Gasteiger partial charge in [-0.15, -0.1) is 0 Å². The maximum atomic E-state index is 11.9. The molecule has 1 aliphatic heterocycles. The molecule has 2 heterocycles. The fourth-order valence-corrected chi connectivity index (χ4v) is 3.34. The van der Waals surface area contributed by atoms with Gasteiger partial charge in [0.05, 0.1) is 12.3 Å². The summed E-state index contributed by atoms with van der Waals surface area (Å²) in [6.07, 6.45) is 2.88. The van der Waals surface area contributed by atoms with E-state index in [2.05, 4.69) is 4.98 Å². The molecule has 0 aromatic carbocycles. The fraction of sp³-hybridized carbons (Fsp3) is 0.636. The smallest absolute Gasteiger partial charge is 0.273 e. The lowest BCUT2D eigenvalue weighted by atomic mass is 10.2. The number of imidazole rings is 1. The van der Waals surface area contributed by atoms with Gasteiger partial charge in [0.25, 0.3) is 5.91 Å². The Morgan fingerprint density at radius 1 is 1.42 bits per heavy atom. The number of carbonyl (C=O) groups excluding carboxylic acids is 1. The maximum absolute atomic E-state index is 11.9. The monoisotopic (exact) mass is 286 g/mol. The topological polar surface area (TPSA) is 75.5 Å². The molecule has 0 saturated carbocycles. The Morgan fingerprint density at radius 3 is 2.58 bits per heavy atom. The van der Waals surface area contributed by atoms with Crippen LogP contribution in [-0.2, 0) is 16.6 Å². The van der Waals surface area contributed by atoms with E-state index in [-0.39, 0.29) is 11.9 Å². The molecule has 1 aromatic rings. The molecule has 1 atom stereocenters. The molecule has 0 N–H and O–H groups in total. The Hall–Kier alpha value is -1.41. The van der Waals surface area contributed by atoms with E-state index in [0.717, 1.165) is 0 Å². The predicted molar refractivity (Wildman–Crippen MR) is 70.2 cm³/mol. The van der Waals surface area contributed by atoms with Gasteiger partial charge in [0.1, 0.15) is 11.5 Å². The number of hydrogen-bond donors (Lipinski definition) is 0. The highest BCUT2D eigenvalue weighted by Crippen LogP contribution is 2.26. The first kappa shape index (κ1) is 14.0. The van der Waals surface area contributed by atoms with E-state index < -0.39 is 10.0 Å². The number of amides is 1. The van der Waals surface area contributed by atoms with Gasteiger partial charge in [-0.25, -0.2) is 13.4 Å². The van der Waals surface area contributed by atoms with Crippen LogP contribution in [0.1, 0.15) is 29.3 Å². The highest BCUT2D eigenvalue weighted by molar-refractivity contribution is 7.88. The normalized spacial score (nSPS) is 20.1. The zero-order chi connectivity index (χ0) is 14.4. The number of aromatic nitrogens is 2. The van der Waals surface area contributed by atoms with E-state index in [9.17, 15) is 13.2 Å². The molecule has 7 nitrogen and oxygen atoms in total. The molecule has 1 amide bonds. The SMILES string of the molecule is CC1c2nc(C(=O)N(C)C)cn2CCN1S(C)(=O)=O. The Morgan fingerprint density at radius 2 is 2.05 bits per heavy atom. The molecule has 1 unspecified atom stereocenters. The van der Waals surface area contributed by atoms with Crippen LogP contribution in [0.25, 0.3) is 0 Å². The summed E-state index contributed by atoms with van der Waals surface area (Å²) < 4.78 is 26.6. The molecule has 0 spiro atoms. The minimum absolute atomic E-state index is 0.181. The fourth-order valence-electron chi connectivity index (χ4n) is 2.26. The van der Waals surface area contributed by atoms with Crippen molar-refractivity contribution in [2.75, 3.05) is 26.9 Å². The van der Waals surface area contributed by atoms with Crippen LogP contribution in [0.2, 0.25) is 0 Å². The lowest BCUT2D eigenvalue weighted by Gasteiger charge is -2.31. The summed E-state index contributed by atoms with van der Waals surface area (Å²) in [5.41, 5.74) is 0.349. The molecule has 0 saturated heterocycles. The van der Waals surface area contributed by atoms with Crippen molar-refractivity contribution in [3.63, 3.8) is 0 Å². The van der Waals surface area contributed by atoms with Crippen LogP contribution in [0.3, 0.4) is 0 Å². The molecule has 8 heteroatoms. The van der Waals surface area contributed by atoms with E-state index in [1.165, 1.54) is 15.5 Å². The van der Waals surface area contributed by atoms with Crippen LogP contribution in [0, 0.1) is 0 Å². The molecule has 1 aliphatic rings. The highest BCUT2D eigenvalue weighted by Gasteiger charge is 2.32. The number of carbonyl (C=O) groups is 1. The largest absolute Gasteiger partial charge is 0.343 e. The first-order valence-corrected chi connectivity index (χ1v) is 7.82. The van der Waals surface area contributed by atoms with Gasteiger partial charge in [0.15, 0.2) is 0 Å². The van der Waals surface area contributed by atoms with Gasteiger partial charge in [-0.2, -0.15) is 4.31 Å². The van der Waals surface area contributed by atoms with Crippen LogP contribution >= 0.6 is 0 Å². The van der Waals surface area contributed by atoms with Crippen molar-refractivity contribution >= 4 is 15.9 Å². The zero-order valence-electron chi connectivity index (χ0n) is 11.5. The molecule has 0 radical (unpaired) electrons. The third-order valence-corrected chi connectivity index (χ3v) is 4.58. The van der Waals surface area contributed by atoms with E-state index in [1.807, 2.05) is 4.57 Å². The lowest BCUT2D eigenvalue weighted by molar-refractivity contribution is 0.0822. The van der Waals surface area contributed by atoms with Gasteiger partial charge >= 0.3 is 0 Å². The van der Waals surface area contributed by atoms with Crippen LogP contribution in [0.15, 0.2) is 6.20 Å². The van der Waals surface area contributed by atoms with Crippen LogP contribution in [0.4, 0.5) is 0 Å². The van der Waals surface area contributed by atoms with Crippen LogP contribution < -0.4 is 0 Å². The molecule has 19 heavy (non-hydrogen) atoms. The first-order chi connectivity index (χ1) is 8.71. The van der Waals surface area contributed by atoms with Crippen molar-refractivity contribution in [2.24, 2.45) is 0 Å². The molecular formula is C11H18N4O3S. The van der Waals surface area contributed by atoms with Gasteiger partial charge in [-0.1, -0.05) is 0 Å². The standard InChI is InChI=1S/C11H18N4O3S/c1-8-10-12-9(11(16)13(2)3)7-14(10)5-6-15(8)19(4,17)18/h7-8H,5-6H2,1-4H3. The number of sulfonamides is 1. The Balaban J connectivity index is 2.38. The number of hydrogen-bond acceptors (Lipinski definition) is 4. The molecule has 2 rings (SSSR count). The summed E-state index contributed by atoms with van der Waals surface area (Å²) in [6, 6.07) is -0.354. The number of nitrogens with zero attached hydrogens (tertiary/aromatic N) is 4. The summed E-state index contributed by atoms with van der Waals surface area (Å²) in [7, 11) is 0.0588. The van der Waals surface area contributed by atoms with Crippen molar-refractivity contribution in [3.05, 3.63) is 17.7 Å². The molecule has 106 valence electrons. The number of rotatable bonds is 2. The van der Waals surface area contributed by atoms with Crippen molar-refractivity contribution in [1.29, 1.82) is 0 Å². The van der Waals surface area contributed by atoms with Crippen LogP contribution in [-0.4, -0.2) is 60.0 Å².